The normalized spacial score (nSPS) is 31.8. The maximum atomic E-state index is 11.2. The summed E-state index contributed by atoms with van der Waals surface area (Å²) >= 11 is 0. The zero-order valence-electron chi connectivity index (χ0n) is 20.1. The summed E-state index contributed by atoms with van der Waals surface area (Å²) in [7, 11) is -4.13. The van der Waals surface area contributed by atoms with Crippen LogP contribution in [0.1, 0.15) is 66.9 Å². The number of ether oxygens (including phenoxy) is 1. The highest BCUT2D eigenvalue weighted by Gasteiger charge is 2.50. The van der Waals surface area contributed by atoms with E-state index in [1.807, 2.05) is 6.92 Å². The van der Waals surface area contributed by atoms with Crippen molar-refractivity contribution in [1.29, 1.82) is 0 Å². The van der Waals surface area contributed by atoms with Crippen molar-refractivity contribution < 1.29 is 29.3 Å². The summed E-state index contributed by atoms with van der Waals surface area (Å²) in [6.07, 6.45) is 1.94. The average molecular weight is 515 g/mol. The highest BCUT2D eigenvalue weighted by Crippen LogP contribution is 2.59. The Kier molecular flexibility index (Phi) is 5.83. The van der Waals surface area contributed by atoms with Gasteiger partial charge in [-0.2, -0.15) is 0 Å². The second kappa shape index (κ2) is 8.68. The van der Waals surface area contributed by atoms with Crippen LogP contribution in [0, 0.1) is 6.92 Å². The van der Waals surface area contributed by atoms with Crippen LogP contribution < -0.4 is 0 Å². The van der Waals surface area contributed by atoms with E-state index in [1.54, 1.807) is 10.9 Å². The van der Waals surface area contributed by atoms with E-state index in [4.69, 9.17) is 19.5 Å². The lowest BCUT2D eigenvalue weighted by atomic mass is 9.58. The third kappa shape index (κ3) is 4.00. The molecule has 11 heteroatoms. The van der Waals surface area contributed by atoms with Crippen LogP contribution in [0.15, 0.2) is 30.6 Å². The van der Waals surface area contributed by atoms with E-state index < -0.39 is 32.1 Å². The van der Waals surface area contributed by atoms with Gasteiger partial charge in [-0.15, -0.1) is 0 Å². The first-order chi connectivity index (χ1) is 17.2. The second-order valence-corrected chi connectivity index (χ2v) is 12.4. The SMILES string of the molecule is Cc1nc(C2CC3(CCc4ccccc43)C2)c2ncn([C@@H]3O[C@H](CCCP(=O)(O)O)[C@H](O)C3O)c2n1. The predicted octanol–water partition coefficient (Wildman–Crippen LogP) is 2.47. The van der Waals surface area contributed by atoms with Gasteiger partial charge in [0.15, 0.2) is 11.9 Å². The molecule has 0 amide bonds. The molecule has 0 bridgehead atoms. The Morgan fingerprint density at radius 2 is 1.94 bits per heavy atom. The lowest BCUT2D eigenvalue weighted by molar-refractivity contribution is -0.0370. The van der Waals surface area contributed by atoms with E-state index in [-0.39, 0.29) is 30.3 Å². The van der Waals surface area contributed by atoms with Crippen molar-refractivity contribution in [3.63, 3.8) is 0 Å². The summed E-state index contributed by atoms with van der Waals surface area (Å²) in [5.41, 5.74) is 5.28. The van der Waals surface area contributed by atoms with Gasteiger partial charge in [0.25, 0.3) is 0 Å². The first kappa shape index (κ1) is 24.2. The molecule has 4 atom stereocenters. The van der Waals surface area contributed by atoms with E-state index in [1.165, 1.54) is 11.1 Å². The fourth-order valence-electron chi connectivity index (χ4n) is 6.48. The maximum absolute atomic E-state index is 11.2. The number of fused-ring (bicyclic) bond motifs is 3. The topological polar surface area (TPSA) is 151 Å². The van der Waals surface area contributed by atoms with Crippen LogP contribution in [0.2, 0.25) is 0 Å². The number of aromatic nitrogens is 4. The van der Waals surface area contributed by atoms with Gasteiger partial charge in [-0.05, 0) is 62.0 Å². The first-order valence-electron chi connectivity index (χ1n) is 12.5. The molecule has 1 aromatic carbocycles. The number of nitrogens with zero attached hydrogens (tertiary/aromatic N) is 4. The Bertz CT molecular complexity index is 1350. The molecule has 10 nitrogen and oxygen atoms in total. The number of aliphatic hydroxyl groups excluding tert-OH is 2. The van der Waals surface area contributed by atoms with E-state index in [2.05, 4.69) is 34.2 Å². The van der Waals surface area contributed by atoms with Crippen molar-refractivity contribution in [1.82, 2.24) is 19.5 Å². The maximum Gasteiger partial charge on any atom is 0.325 e. The van der Waals surface area contributed by atoms with E-state index >= 15 is 0 Å². The number of rotatable bonds is 6. The van der Waals surface area contributed by atoms with E-state index in [9.17, 15) is 14.8 Å². The van der Waals surface area contributed by atoms with Gasteiger partial charge in [0.2, 0.25) is 0 Å². The Hall–Kier alpha value is -2.20. The summed E-state index contributed by atoms with van der Waals surface area (Å²) in [5.74, 6) is 0.877. The molecule has 1 aliphatic heterocycles. The number of benzene rings is 1. The zero-order chi connectivity index (χ0) is 25.2. The van der Waals surface area contributed by atoms with E-state index in [0.717, 1.165) is 31.4 Å². The molecule has 1 saturated carbocycles. The van der Waals surface area contributed by atoms with Gasteiger partial charge in [-0.25, -0.2) is 15.0 Å². The van der Waals surface area contributed by atoms with Crippen molar-refractivity contribution in [2.45, 2.75) is 81.3 Å². The Balaban J connectivity index is 1.24. The summed E-state index contributed by atoms with van der Waals surface area (Å²) in [6.45, 7) is 1.84. The van der Waals surface area contributed by atoms with Gasteiger partial charge in [-0.1, -0.05) is 24.3 Å². The predicted molar refractivity (Wildman–Crippen MR) is 131 cm³/mol. The minimum Gasteiger partial charge on any atom is -0.388 e. The average Bonchev–Trinajstić information content (AvgIpc) is 3.47. The molecular weight excluding hydrogens is 483 g/mol. The van der Waals surface area contributed by atoms with Crippen molar-refractivity contribution in [2.24, 2.45) is 0 Å². The van der Waals surface area contributed by atoms with Gasteiger partial charge in [0, 0.05) is 12.1 Å². The molecule has 3 aliphatic rings. The Labute approximate surface area is 208 Å². The van der Waals surface area contributed by atoms with Crippen molar-refractivity contribution in [3.05, 3.63) is 53.2 Å². The Morgan fingerprint density at radius 3 is 2.72 bits per heavy atom. The summed E-state index contributed by atoms with van der Waals surface area (Å²) in [5, 5.41) is 21.3. The van der Waals surface area contributed by atoms with Gasteiger partial charge in [-0.3, -0.25) is 9.13 Å². The second-order valence-electron chi connectivity index (χ2n) is 10.6. The number of imidazole rings is 1. The quantitative estimate of drug-likeness (QED) is 0.364. The molecule has 3 heterocycles. The van der Waals surface area contributed by atoms with E-state index in [0.29, 0.717) is 17.0 Å². The fourth-order valence-corrected chi connectivity index (χ4v) is 7.08. The molecule has 36 heavy (non-hydrogen) atoms. The fraction of sp³-hybridized carbons (Fsp3) is 0.560. The summed E-state index contributed by atoms with van der Waals surface area (Å²) < 4.78 is 18.8. The molecule has 2 aromatic heterocycles. The number of hydrogen-bond acceptors (Lipinski definition) is 7. The summed E-state index contributed by atoms with van der Waals surface area (Å²) in [4.78, 5) is 32.2. The standard InChI is InChI=1S/C25H31N4O6P/c1-14-27-19(16-11-25(12-16)9-8-15-5-2-3-6-17(15)25)20-23(28-14)29(13-26-20)24-22(31)21(30)18(35-24)7-4-10-36(32,33)34/h2-3,5-6,13,16,18,21-22,24,30-31H,4,7-12H2,1H3,(H2,32,33,34)/t16?,18-,21+,22?,24-,25?/m1/s1. The molecule has 4 N–H and O–H groups in total. The molecule has 1 spiro atoms. The molecule has 1 unspecified atom stereocenters. The minimum absolute atomic E-state index is 0.175. The van der Waals surface area contributed by atoms with Crippen molar-refractivity contribution >= 4 is 18.8 Å². The molecule has 6 rings (SSSR count). The van der Waals surface area contributed by atoms with Crippen molar-refractivity contribution in [2.75, 3.05) is 6.16 Å². The van der Waals surface area contributed by atoms with Gasteiger partial charge in [0.05, 0.1) is 18.1 Å². The molecular formula is C25H31N4O6P. The third-order valence-corrected chi connectivity index (χ3v) is 9.13. The van der Waals surface area contributed by atoms with Crippen LogP contribution in [0.5, 0.6) is 0 Å². The summed E-state index contributed by atoms with van der Waals surface area (Å²) in [6, 6.07) is 8.72. The lowest BCUT2D eigenvalue weighted by Gasteiger charge is -2.46. The first-order valence-corrected chi connectivity index (χ1v) is 14.3. The van der Waals surface area contributed by atoms with Gasteiger partial charge in [0.1, 0.15) is 23.5 Å². The monoisotopic (exact) mass is 514 g/mol. The molecule has 0 radical (unpaired) electrons. The minimum atomic E-state index is -4.13. The van der Waals surface area contributed by atoms with Crippen molar-refractivity contribution in [3.8, 4) is 0 Å². The number of aliphatic hydroxyl groups is 2. The van der Waals surface area contributed by atoms with Crippen LogP contribution in [-0.2, 0) is 21.1 Å². The number of hydrogen-bond donors (Lipinski definition) is 4. The largest absolute Gasteiger partial charge is 0.388 e. The van der Waals surface area contributed by atoms with Gasteiger partial charge < -0.3 is 24.7 Å². The molecule has 2 aliphatic carbocycles. The molecule has 3 aromatic rings. The van der Waals surface area contributed by atoms with Crippen LogP contribution >= 0.6 is 7.60 Å². The number of aryl methyl sites for hydroxylation is 2. The van der Waals surface area contributed by atoms with Crippen LogP contribution in [-0.4, -0.2) is 64.0 Å². The highest BCUT2D eigenvalue weighted by molar-refractivity contribution is 7.51. The van der Waals surface area contributed by atoms with Crippen LogP contribution in [0.3, 0.4) is 0 Å². The van der Waals surface area contributed by atoms with Crippen LogP contribution in [0.4, 0.5) is 0 Å². The Morgan fingerprint density at radius 1 is 1.17 bits per heavy atom. The third-order valence-electron chi connectivity index (χ3n) is 8.23. The van der Waals surface area contributed by atoms with Gasteiger partial charge >= 0.3 is 7.60 Å². The zero-order valence-corrected chi connectivity index (χ0v) is 21.0. The highest BCUT2D eigenvalue weighted by atomic mass is 31.2. The lowest BCUT2D eigenvalue weighted by Crippen LogP contribution is -2.38. The molecule has 2 fully saturated rings. The smallest absolute Gasteiger partial charge is 0.325 e. The molecule has 1 saturated heterocycles. The molecule has 192 valence electrons. The van der Waals surface area contributed by atoms with Crippen LogP contribution in [0.25, 0.3) is 11.2 Å².